The van der Waals surface area contributed by atoms with Gasteiger partial charge in [-0.05, 0) is 70.3 Å². The molecule has 9 aromatic rings. The van der Waals surface area contributed by atoms with Crippen LogP contribution < -0.4 is 4.90 Å². The van der Waals surface area contributed by atoms with E-state index in [0.717, 1.165) is 33.2 Å². The maximum absolute atomic E-state index is 5.28. The number of fused-ring (bicyclic) bond motifs is 9. The molecule has 2 unspecified atom stereocenters. The summed E-state index contributed by atoms with van der Waals surface area (Å²) < 4.78 is 2.23. The van der Waals surface area contributed by atoms with Gasteiger partial charge >= 0.3 is 0 Å². The zero-order valence-electron chi connectivity index (χ0n) is 28.3. The van der Waals surface area contributed by atoms with Crippen molar-refractivity contribution in [2.45, 2.75) is 12.0 Å². The quantitative estimate of drug-likeness (QED) is 0.188. The van der Waals surface area contributed by atoms with Crippen LogP contribution in [0.2, 0.25) is 0 Å². The van der Waals surface area contributed by atoms with E-state index in [0.29, 0.717) is 5.95 Å². The monoisotopic (exact) mass is 664 g/mol. The Balaban J connectivity index is 1.12. The Morgan fingerprint density at radius 1 is 0.481 bits per heavy atom. The zero-order chi connectivity index (χ0) is 34.2. The van der Waals surface area contributed by atoms with Crippen LogP contribution in [0.4, 0.5) is 11.4 Å². The van der Waals surface area contributed by atoms with Crippen molar-refractivity contribution in [1.29, 1.82) is 0 Å². The number of aromatic nitrogens is 3. The van der Waals surface area contributed by atoms with E-state index in [1.807, 2.05) is 12.1 Å². The molecule has 4 nitrogen and oxygen atoms in total. The first-order chi connectivity index (χ1) is 25.8. The highest BCUT2D eigenvalue weighted by Crippen LogP contribution is 2.57. The largest absolute Gasteiger partial charge is 0.333 e. The Morgan fingerprint density at radius 3 is 2.02 bits per heavy atom. The summed E-state index contributed by atoms with van der Waals surface area (Å²) in [4.78, 5) is 13.0. The van der Waals surface area contributed by atoms with Gasteiger partial charge in [0.15, 0.2) is 0 Å². The van der Waals surface area contributed by atoms with E-state index in [1.54, 1.807) is 0 Å². The molecule has 0 saturated heterocycles. The Hall–Kier alpha value is -6.78. The van der Waals surface area contributed by atoms with E-state index in [-0.39, 0.29) is 12.0 Å². The van der Waals surface area contributed by atoms with Crippen LogP contribution in [0.15, 0.2) is 182 Å². The van der Waals surface area contributed by atoms with Crippen LogP contribution >= 0.6 is 0 Å². The molecule has 2 aliphatic rings. The van der Waals surface area contributed by atoms with Gasteiger partial charge in [-0.2, -0.15) is 0 Å². The number of hydrogen-bond donors (Lipinski definition) is 0. The van der Waals surface area contributed by atoms with E-state index in [2.05, 4.69) is 179 Å². The summed E-state index contributed by atoms with van der Waals surface area (Å²) in [6, 6.07) is 63.2. The number of benzene rings is 7. The van der Waals surface area contributed by atoms with E-state index >= 15 is 0 Å². The molecule has 0 spiro atoms. The predicted octanol–water partition coefficient (Wildman–Crippen LogP) is 11.8. The average Bonchev–Trinajstić information content (AvgIpc) is 3.73. The molecule has 0 fully saturated rings. The van der Waals surface area contributed by atoms with Crippen molar-refractivity contribution in [2.24, 2.45) is 0 Å². The van der Waals surface area contributed by atoms with Gasteiger partial charge in [0.2, 0.25) is 5.95 Å². The number of para-hydroxylation sites is 4. The molecule has 52 heavy (non-hydrogen) atoms. The summed E-state index contributed by atoms with van der Waals surface area (Å²) in [5, 5.41) is 3.41. The number of nitrogens with zero attached hydrogens (tertiary/aromatic N) is 4. The molecule has 0 bridgehead atoms. The van der Waals surface area contributed by atoms with Gasteiger partial charge < -0.3 is 4.90 Å². The Bertz CT molecular complexity index is 2870. The number of anilines is 2. The molecule has 1 aliphatic heterocycles. The van der Waals surface area contributed by atoms with Crippen LogP contribution in [-0.4, -0.2) is 14.5 Å². The molecule has 7 aromatic carbocycles. The molecule has 2 atom stereocenters. The van der Waals surface area contributed by atoms with Crippen molar-refractivity contribution in [3.63, 3.8) is 0 Å². The molecule has 4 heteroatoms. The fourth-order valence-corrected chi connectivity index (χ4v) is 8.73. The standard InChI is InChI=1S/C48H32N4/c1-3-15-31(16-4-1)46-38-23-9-12-24-42(38)49-48(50-46)52-44-26-14-10-20-35(44)40-29-32(27-28-45(40)52)39-30-41-36-21-11-13-25-43(36)51(33-17-5-2-6-18-33)47(41)37-22-8-7-19-34(37)39/h1-30,41,47H. The van der Waals surface area contributed by atoms with E-state index in [9.17, 15) is 0 Å². The summed E-state index contributed by atoms with van der Waals surface area (Å²) in [5.74, 6) is 0.880. The summed E-state index contributed by atoms with van der Waals surface area (Å²) >= 11 is 0. The van der Waals surface area contributed by atoms with E-state index in [4.69, 9.17) is 9.97 Å². The SMILES string of the molecule is C1=C(c2ccc3c(c2)c2ccccc2n3-c2nc(-c3ccccc3)c3ccccc3n2)c2ccccc2C2C1c1ccccc1N2c1ccccc1. The van der Waals surface area contributed by atoms with E-state index in [1.165, 1.54) is 50.0 Å². The van der Waals surface area contributed by atoms with Crippen molar-refractivity contribution in [3.05, 3.63) is 204 Å². The number of hydrogen-bond acceptors (Lipinski definition) is 3. The Kier molecular flexibility index (Phi) is 6.34. The molecule has 244 valence electrons. The van der Waals surface area contributed by atoms with Gasteiger partial charge in [0, 0.05) is 39.0 Å². The maximum Gasteiger partial charge on any atom is 0.235 e. The molecule has 0 amide bonds. The van der Waals surface area contributed by atoms with Gasteiger partial charge in [0.1, 0.15) is 0 Å². The normalized spacial score (nSPS) is 16.2. The fraction of sp³-hybridized carbons (Fsp3) is 0.0417. The lowest BCUT2D eigenvalue weighted by atomic mass is 9.77. The minimum atomic E-state index is 0.175. The van der Waals surface area contributed by atoms with Crippen molar-refractivity contribution in [2.75, 3.05) is 4.90 Å². The smallest absolute Gasteiger partial charge is 0.235 e. The maximum atomic E-state index is 5.28. The van der Waals surface area contributed by atoms with Gasteiger partial charge in [0.25, 0.3) is 0 Å². The van der Waals surface area contributed by atoms with Crippen LogP contribution in [0.5, 0.6) is 0 Å². The molecule has 2 aromatic heterocycles. The highest BCUT2D eigenvalue weighted by atomic mass is 15.2. The highest BCUT2D eigenvalue weighted by molar-refractivity contribution is 6.10. The van der Waals surface area contributed by atoms with Crippen molar-refractivity contribution in [1.82, 2.24) is 14.5 Å². The van der Waals surface area contributed by atoms with Crippen LogP contribution in [-0.2, 0) is 0 Å². The summed E-state index contributed by atoms with van der Waals surface area (Å²) in [7, 11) is 0. The third kappa shape index (κ3) is 4.28. The third-order valence-corrected chi connectivity index (χ3v) is 10.9. The summed E-state index contributed by atoms with van der Waals surface area (Å²) in [6.07, 6.45) is 2.52. The highest BCUT2D eigenvalue weighted by Gasteiger charge is 2.42. The van der Waals surface area contributed by atoms with Crippen LogP contribution in [0.3, 0.4) is 0 Å². The predicted molar refractivity (Wildman–Crippen MR) is 213 cm³/mol. The van der Waals surface area contributed by atoms with Gasteiger partial charge in [-0.25, -0.2) is 9.97 Å². The van der Waals surface area contributed by atoms with Gasteiger partial charge in [-0.1, -0.05) is 140 Å². The average molecular weight is 665 g/mol. The lowest BCUT2D eigenvalue weighted by Gasteiger charge is -2.35. The lowest BCUT2D eigenvalue weighted by Crippen LogP contribution is -2.25. The first kappa shape index (κ1) is 29.0. The van der Waals surface area contributed by atoms with Crippen molar-refractivity contribution >= 4 is 49.7 Å². The molecule has 11 rings (SSSR count). The zero-order valence-corrected chi connectivity index (χ0v) is 28.3. The minimum absolute atomic E-state index is 0.175. The lowest BCUT2D eigenvalue weighted by molar-refractivity contribution is 0.665. The first-order valence-electron chi connectivity index (χ1n) is 17.9. The summed E-state index contributed by atoms with van der Waals surface area (Å²) in [6.45, 7) is 0. The fourth-order valence-electron chi connectivity index (χ4n) is 8.73. The molecule has 3 heterocycles. The minimum Gasteiger partial charge on any atom is -0.333 e. The summed E-state index contributed by atoms with van der Waals surface area (Å²) in [5.41, 5.74) is 14.1. The van der Waals surface area contributed by atoms with Crippen molar-refractivity contribution in [3.8, 4) is 17.2 Å². The molecule has 0 radical (unpaired) electrons. The topological polar surface area (TPSA) is 34.0 Å². The number of rotatable bonds is 4. The second-order valence-electron chi connectivity index (χ2n) is 13.7. The van der Waals surface area contributed by atoms with E-state index < -0.39 is 0 Å². The van der Waals surface area contributed by atoms with Crippen LogP contribution in [0, 0.1) is 0 Å². The molecular formula is C48H32N4. The van der Waals surface area contributed by atoms with Gasteiger partial charge in [-0.15, -0.1) is 0 Å². The molecule has 1 aliphatic carbocycles. The van der Waals surface area contributed by atoms with Gasteiger partial charge in [-0.3, -0.25) is 4.57 Å². The third-order valence-electron chi connectivity index (χ3n) is 10.9. The first-order valence-corrected chi connectivity index (χ1v) is 17.9. The molecule has 0 N–H and O–H groups in total. The molecular weight excluding hydrogens is 633 g/mol. The van der Waals surface area contributed by atoms with Crippen LogP contribution in [0.25, 0.3) is 55.5 Å². The Morgan fingerprint density at radius 2 is 1.15 bits per heavy atom. The second kappa shape index (κ2) is 11.4. The van der Waals surface area contributed by atoms with Crippen molar-refractivity contribution < 1.29 is 0 Å². The Labute approximate surface area is 301 Å². The molecule has 0 saturated carbocycles. The second-order valence-corrected chi connectivity index (χ2v) is 13.7. The van der Waals surface area contributed by atoms with Crippen LogP contribution in [0.1, 0.15) is 34.2 Å². The van der Waals surface area contributed by atoms with Gasteiger partial charge in [0.05, 0.1) is 28.3 Å².